The molecule has 0 aromatic heterocycles. The summed E-state index contributed by atoms with van der Waals surface area (Å²) in [7, 11) is 0. The summed E-state index contributed by atoms with van der Waals surface area (Å²) in [6, 6.07) is -0.209. The Hall–Kier alpha value is -1.30. The second-order valence-electron chi connectivity index (χ2n) is 5.61. The van der Waals surface area contributed by atoms with E-state index >= 15 is 0 Å². The molecule has 104 valence electrons. The van der Waals surface area contributed by atoms with Gasteiger partial charge in [-0.05, 0) is 27.2 Å². The van der Waals surface area contributed by atoms with E-state index in [1.165, 1.54) is 11.8 Å². The first-order chi connectivity index (χ1) is 8.19. The average Bonchev–Trinajstić information content (AvgIpc) is 2.54. The van der Waals surface area contributed by atoms with E-state index < -0.39 is 17.8 Å². The highest BCUT2D eigenvalue weighted by atomic mass is 16.6. The van der Waals surface area contributed by atoms with Gasteiger partial charge in [0.2, 0.25) is 5.91 Å². The normalized spacial score (nSPS) is 23.9. The summed E-state index contributed by atoms with van der Waals surface area (Å²) in [6.45, 7) is 7.38. The van der Waals surface area contributed by atoms with Gasteiger partial charge in [0.25, 0.3) is 0 Å². The van der Waals surface area contributed by atoms with E-state index in [0.29, 0.717) is 13.0 Å². The number of carbonyl (C=O) groups is 2. The summed E-state index contributed by atoms with van der Waals surface area (Å²) in [5.41, 5.74) is -0.566. The Morgan fingerprint density at radius 1 is 1.44 bits per heavy atom. The highest BCUT2D eigenvalue weighted by Gasteiger charge is 2.36. The summed E-state index contributed by atoms with van der Waals surface area (Å²) >= 11 is 0. The Balaban J connectivity index is 2.60. The van der Waals surface area contributed by atoms with Crippen LogP contribution in [0.15, 0.2) is 0 Å². The fourth-order valence-corrected chi connectivity index (χ4v) is 1.89. The van der Waals surface area contributed by atoms with E-state index in [9.17, 15) is 14.7 Å². The van der Waals surface area contributed by atoms with E-state index in [0.717, 1.165) is 0 Å². The standard InChI is InChI=1S/C12H22N2O4/c1-8(15)13-6-9-5-10(16)7-14(9)11(17)18-12(2,3)4/h9-10,16H,5-7H2,1-4H3,(H,13,15)/t9-,10-/m1/s1. The zero-order valence-electron chi connectivity index (χ0n) is 11.4. The molecule has 0 bridgehead atoms. The second-order valence-corrected chi connectivity index (χ2v) is 5.61. The number of β-amino-alcohol motifs (C(OH)–C–C–N with tert-alkyl or cyclic N) is 1. The molecule has 6 heteroatoms. The van der Waals surface area contributed by atoms with E-state index in [4.69, 9.17) is 4.74 Å². The lowest BCUT2D eigenvalue weighted by Crippen LogP contribution is -2.44. The van der Waals surface area contributed by atoms with Gasteiger partial charge in [-0.25, -0.2) is 4.79 Å². The maximum atomic E-state index is 11.9. The Kier molecular flexibility index (Phi) is 4.56. The second kappa shape index (κ2) is 5.56. The predicted molar refractivity (Wildman–Crippen MR) is 66.0 cm³/mol. The summed E-state index contributed by atoms with van der Waals surface area (Å²) < 4.78 is 5.27. The number of ether oxygens (including phenoxy) is 1. The van der Waals surface area contributed by atoms with Gasteiger partial charge >= 0.3 is 6.09 Å². The topological polar surface area (TPSA) is 78.9 Å². The Morgan fingerprint density at radius 2 is 2.06 bits per heavy atom. The van der Waals surface area contributed by atoms with Crippen LogP contribution in [0.1, 0.15) is 34.1 Å². The number of nitrogens with one attached hydrogen (secondary N) is 1. The van der Waals surface area contributed by atoms with E-state index in [-0.39, 0.29) is 18.5 Å². The van der Waals surface area contributed by atoms with Crippen molar-refractivity contribution in [2.75, 3.05) is 13.1 Å². The molecule has 0 radical (unpaired) electrons. The van der Waals surface area contributed by atoms with Crippen molar-refractivity contribution >= 4 is 12.0 Å². The first-order valence-electron chi connectivity index (χ1n) is 6.11. The predicted octanol–water partition coefficient (Wildman–Crippen LogP) is 0.493. The summed E-state index contributed by atoms with van der Waals surface area (Å²) in [5, 5.41) is 12.3. The number of amides is 2. The van der Waals surface area contributed by atoms with Gasteiger partial charge in [0.05, 0.1) is 18.7 Å². The number of hydrogen-bond acceptors (Lipinski definition) is 4. The van der Waals surface area contributed by atoms with Crippen molar-refractivity contribution in [2.45, 2.75) is 51.9 Å². The van der Waals surface area contributed by atoms with E-state index in [1.807, 2.05) is 0 Å². The fraction of sp³-hybridized carbons (Fsp3) is 0.833. The quantitative estimate of drug-likeness (QED) is 0.755. The van der Waals surface area contributed by atoms with Gasteiger partial charge in [-0.2, -0.15) is 0 Å². The molecule has 18 heavy (non-hydrogen) atoms. The van der Waals surface area contributed by atoms with Crippen molar-refractivity contribution in [3.63, 3.8) is 0 Å². The van der Waals surface area contributed by atoms with Gasteiger partial charge in [-0.3, -0.25) is 4.79 Å². The van der Waals surface area contributed by atoms with Crippen LogP contribution in [-0.2, 0) is 9.53 Å². The number of nitrogens with zero attached hydrogens (tertiary/aromatic N) is 1. The molecule has 1 aliphatic heterocycles. The molecule has 1 heterocycles. The molecule has 2 N–H and O–H groups in total. The number of likely N-dealkylation sites (tertiary alicyclic amines) is 1. The molecule has 1 aliphatic rings. The maximum Gasteiger partial charge on any atom is 0.410 e. The third-order valence-corrected chi connectivity index (χ3v) is 2.61. The largest absolute Gasteiger partial charge is 0.444 e. The van der Waals surface area contributed by atoms with Crippen molar-refractivity contribution in [1.29, 1.82) is 0 Å². The lowest BCUT2D eigenvalue weighted by atomic mass is 10.2. The molecular weight excluding hydrogens is 236 g/mol. The van der Waals surface area contributed by atoms with E-state index in [1.54, 1.807) is 20.8 Å². The zero-order chi connectivity index (χ0) is 13.9. The molecule has 1 saturated heterocycles. The van der Waals surface area contributed by atoms with Crippen molar-refractivity contribution in [1.82, 2.24) is 10.2 Å². The third kappa shape index (κ3) is 4.52. The van der Waals surface area contributed by atoms with Gasteiger partial charge in [0.15, 0.2) is 0 Å². The van der Waals surface area contributed by atoms with Gasteiger partial charge in [-0.15, -0.1) is 0 Å². The minimum absolute atomic E-state index is 0.152. The van der Waals surface area contributed by atoms with E-state index in [2.05, 4.69) is 5.32 Å². The highest BCUT2D eigenvalue weighted by Crippen LogP contribution is 2.20. The number of aliphatic hydroxyl groups excluding tert-OH is 1. The molecule has 0 aliphatic carbocycles. The molecule has 0 aromatic carbocycles. The molecule has 0 unspecified atom stereocenters. The monoisotopic (exact) mass is 258 g/mol. The van der Waals surface area contributed by atoms with Crippen molar-refractivity contribution in [3.8, 4) is 0 Å². The number of aliphatic hydroxyl groups is 1. The van der Waals surface area contributed by atoms with Crippen LogP contribution in [0.4, 0.5) is 4.79 Å². The van der Waals surface area contributed by atoms with Crippen LogP contribution in [0.25, 0.3) is 0 Å². The summed E-state index contributed by atoms with van der Waals surface area (Å²) in [4.78, 5) is 24.3. The van der Waals surface area contributed by atoms with Crippen molar-refractivity contribution in [2.24, 2.45) is 0 Å². The Bertz CT molecular complexity index is 325. The van der Waals surface area contributed by atoms with Crippen LogP contribution in [-0.4, -0.2) is 52.8 Å². The van der Waals surface area contributed by atoms with Crippen LogP contribution >= 0.6 is 0 Å². The van der Waals surface area contributed by atoms with Crippen LogP contribution in [0.5, 0.6) is 0 Å². The van der Waals surface area contributed by atoms with Gasteiger partial charge in [0, 0.05) is 13.5 Å². The SMILES string of the molecule is CC(=O)NC[C@H]1C[C@@H](O)CN1C(=O)OC(C)(C)C. The molecular formula is C12H22N2O4. The third-order valence-electron chi connectivity index (χ3n) is 2.61. The molecule has 0 aromatic rings. The summed E-state index contributed by atoms with van der Waals surface area (Å²) in [6.07, 6.45) is -0.551. The molecule has 0 spiro atoms. The Labute approximate surface area is 107 Å². The minimum atomic E-state index is -0.566. The molecule has 1 fully saturated rings. The molecule has 6 nitrogen and oxygen atoms in total. The first-order valence-corrected chi connectivity index (χ1v) is 6.11. The van der Waals surface area contributed by atoms with Crippen LogP contribution in [0.3, 0.4) is 0 Å². The van der Waals surface area contributed by atoms with Crippen LogP contribution in [0, 0.1) is 0 Å². The van der Waals surface area contributed by atoms with Gasteiger partial charge in [-0.1, -0.05) is 0 Å². The number of carbonyl (C=O) groups excluding carboxylic acids is 2. The molecule has 2 atom stereocenters. The van der Waals surface area contributed by atoms with Crippen LogP contribution in [0.2, 0.25) is 0 Å². The lowest BCUT2D eigenvalue weighted by Gasteiger charge is -2.28. The highest BCUT2D eigenvalue weighted by molar-refractivity contribution is 5.73. The average molecular weight is 258 g/mol. The lowest BCUT2D eigenvalue weighted by molar-refractivity contribution is -0.119. The Morgan fingerprint density at radius 3 is 2.56 bits per heavy atom. The minimum Gasteiger partial charge on any atom is -0.444 e. The number of rotatable bonds is 2. The maximum absolute atomic E-state index is 11.9. The fourth-order valence-electron chi connectivity index (χ4n) is 1.89. The first kappa shape index (κ1) is 14.8. The van der Waals surface area contributed by atoms with Crippen LogP contribution < -0.4 is 5.32 Å². The van der Waals surface area contributed by atoms with Crippen molar-refractivity contribution < 1.29 is 19.4 Å². The zero-order valence-corrected chi connectivity index (χ0v) is 11.4. The molecule has 2 amide bonds. The van der Waals surface area contributed by atoms with Gasteiger partial charge < -0.3 is 20.1 Å². The number of hydrogen-bond donors (Lipinski definition) is 2. The summed E-state index contributed by atoms with van der Waals surface area (Å²) in [5.74, 6) is -0.152. The van der Waals surface area contributed by atoms with Gasteiger partial charge in [0.1, 0.15) is 5.60 Å². The molecule has 0 saturated carbocycles. The molecule has 1 rings (SSSR count). The van der Waals surface area contributed by atoms with Crippen molar-refractivity contribution in [3.05, 3.63) is 0 Å². The smallest absolute Gasteiger partial charge is 0.410 e.